The molecule has 0 spiro atoms. The Morgan fingerprint density at radius 2 is 1.88 bits per heavy atom. The molecule has 1 aliphatic heterocycles. The number of ether oxygens (including phenoxy) is 3. The highest BCUT2D eigenvalue weighted by Crippen LogP contribution is 2.35. The van der Waals surface area contributed by atoms with Crippen LogP contribution in [0.2, 0.25) is 0 Å². The number of carbonyl (C=O) groups excluding carboxylic acids is 1. The van der Waals surface area contributed by atoms with Crippen LogP contribution in [0.5, 0.6) is 11.5 Å². The van der Waals surface area contributed by atoms with E-state index in [1.54, 1.807) is 19.5 Å². The fraction of sp³-hybridized carbons (Fsp3) is 0.469. The van der Waals surface area contributed by atoms with Gasteiger partial charge in [0.25, 0.3) is 0 Å². The smallest absolute Gasteiger partial charge is 0.244 e. The third-order valence-corrected chi connectivity index (χ3v) is 7.79. The molecule has 1 aromatic heterocycles. The first kappa shape index (κ1) is 28.8. The van der Waals surface area contributed by atoms with Crippen LogP contribution in [0, 0.1) is 5.92 Å². The van der Waals surface area contributed by atoms with Gasteiger partial charge in [-0.2, -0.15) is 0 Å². The molecular formula is C32H41N5O4. The van der Waals surface area contributed by atoms with E-state index in [9.17, 15) is 4.79 Å². The van der Waals surface area contributed by atoms with Crippen LogP contribution in [0.15, 0.2) is 48.8 Å². The van der Waals surface area contributed by atoms with Crippen molar-refractivity contribution in [2.75, 3.05) is 58.4 Å². The summed E-state index contributed by atoms with van der Waals surface area (Å²) in [4.78, 5) is 23.6. The number of carbonyl (C=O) groups is 1. The van der Waals surface area contributed by atoms with E-state index in [-0.39, 0.29) is 5.91 Å². The van der Waals surface area contributed by atoms with Crippen molar-refractivity contribution in [1.82, 2.24) is 20.2 Å². The molecule has 3 aromatic rings. The number of amides is 1. The Morgan fingerprint density at radius 3 is 2.66 bits per heavy atom. The Bertz CT molecular complexity index is 1300. The van der Waals surface area contributed by atoms with Crippen LogP contribution in [0.1, 0.15) is 44.1 Å². The van der Waals surface area contributed by atoms with Crippen LogP contribution < -0.4 is 20.1 Å². The van der Waals surface area contributed by atoms with E-state index in [0.717, 1.165) is 68.0 Å². The van der Waals surface area contributed by atoms with Gasteiger partial charge in [0.05, 0.1) is 32.4 Å². The Morgan fingerprint density at radius 1 is 1.07 bits per heavy atom. The molecule has 0 radical (unpaired) electrons. The van der Waals surface area contributed by atoms with Gasteiger partial charge >= 0.3 is 0 Å². The van der Waals surface area contributed by atoms with Crippen molar-refractivity contribution in [1.29, 1.82) is 0 Å². The number of anilines is 2. The molecule has 2 heterocycles. The van der Waals surface area contributed by atoms with E-state index in [0.29, 0.717) is 29.8 Å². The van der Waals surface area contributed by atoms with Gasteiger partial charge in [-0.05, 0) is 55.0 Å². The number of hydrogen-bond donors (Lipinski definition) is 2. The first-order chi connectivity index (χ1) is 20.2. The number of aromatic nitrogens is 2. The Balaban J connectivity index is 1.17. The number of rotatable bonds is 12. The Hall–Kier alpha value is -3.69. The summed E-state index contributed by atoms with van der Waals surface area (Å²) in [5.41, 5.74) is 2.60. The number of methoxy groups -OCH3 is 1. The molecule has 5 rings (SSSR count). The minimum atomic E-state index is -0.0420. The van der Waals surface area contributed by atoms with E-state index >= 15 is 0 Å². The first-order valence-corrected chi connectivity index (χ1v) is 14.8. The summed E-state index contributed by atoms with van der Waals surface area (Å²) < 4.78 is 17.1. The van der Waals surface area contributed by atoms with Gasteiger partial charge in [0, 0.05) is 49.4 Å². The van der Waals surface area contributed by atoms with Crippen LogP contribution in [0.25, 0.3) is 17.0 Å². The minimum Gasteiger partial charge on any atom is -0.493 e. The highest BCUT2D eigenvalue weighted by atomic mass is 16.5. The molecule has 9 nitrogen and oxygen atoms in total. The van der Waals surface area contributed by atoms with Gasteiger partial charge in [-0.25, -0.2) is 9.97 Å². The van der Waals surface area contributed by atoms with Crippen molar-refractivity contribution < 1.29 is 19.0 Å². The van der Waals surface area contributed by atoms with Crippen molar-refractivity contribution >= 4 is 34.4 Å². The molecule has 2 aliphatic rings. The average molecular weight is 560 g/mol. The number of morpholine rings is 1. The first-order valence-electron chi connectivity index (χ1n) is 14.8. The maximum absolute atomic E-state index is 12.3. The highest BCUT2D eigenvalue weighted by molar-refractivity contribution is 5.93. The molecule has 0 atom stereocenters. The topological polar surface area (TPSA) is 97.8 Å². The van der Waals surface area contributed by atoms with Crippen molar-refractivity contribution in [3.8, 4) is 11.5 Å². The van der Waals surface area contributed by atoms with Gasteiger partial charge in [0.15, 0.2) is 11.5 Å². The number of fused-ring (bicyclic) bond motifs is 1. The monoisotopic (exact) mass is 559 g/mol. The summed E-state index contributed by atoms with van der Waals surface area (Å²) in [7, 11) is 1.64. The predicted octanol–water partition coefficient (Wildman–Crippen LogP) is 5.19. The van der Waals surface area contributed by atoms with E-state index in [1.807, 2.05) is 42.5 Å². The molecule has 0 bridgehead atoms. The predicted molar refractivity (Wildman–Crippen MR) is 162 cm³/mol. The van der Waals surface area contributed by atoms with Gasteiger partial charge < -0.3 is 24.8 Å². The molecular weight excluding hydrogens is 518 g/mol. The second-order valence-electron chi connectivity index (χ2n) is 10.7. The highest BCUT2D eigenvalue weighted by Gasteiger charge is 2.15. The average Bonchev–Trinajstić information content (AvgIpc) is 3.02. The van der Waals surface area contributed by atoms with Crippen LogP contribution in [0.3, 0.4) is 0 Å². The quantitative estimate of drug-likeness (QED) is 0.231. The van der Waals surface area contributed by atoms with Crippen molar-refractivity contribution in [2.24, 2.45) is 5.92 Å². The van der Waals surface area contributed by atoms with E-state index in [4.69, 9.17) is 14.2 Å². The molecule has 9 heteroatoms. The number of benzene rings is 2. The number of nitrogens with one attached hydrogen (secondary N) is 2. The largest absolute Gasteiger partial charge is 0.493 e. The fourth-order valence-electron chi connectivity index (χ4n) is 5.41. The Kier molecular flexibility index (Phi) is 10.4. The maximum atomic E-state index is 12.3. The lowest BCUT2D eigenvalue weighted by Gasteiger charge is -2.26. The van der Waals surface area contributed by atoms with Crippen LogP contribution in [-0.4, -0.2) is 73.9 Å². The van der Waals surface area contributed by atoms with Gasteiger partial charge in [-0.15, -0.1) is 0 Å². The normalized spacial score (nSPS) is 16.6. The molecule has 2 aromatic carbocycles. The zero-order valence-corrected chi connectivity index (χ0v) is 23.9. The molecule has 1 saturated heterocycles. The molecule has 1 amide bonds. The van der Waals surface area contributed by atoms with Gasteiger partial charge in [0.1, 0.15) is 12.1 Å². The van der Waals surface area contributed by atoms with Crippen molar-refractivity contribution in [3.05, 3.63) is 54.4 Å². The zero-order valence-electron chi connectivity index (χ0n) is 23.9. The summed E-state index contributed by atoms with van der Waals surface area (Å²) >= 11 is 0. The molecule has 1 saturated carbocycles. The lowest BCUT2D eigenvalue weighted by atomic mass is 9.89. The van der Waals surface area contributed by atoms with Crippen LogP contribution >= 0.6 is 0 Å². The van der Waals surface area contributed by atoms with E-state index < -0.39 is 0 Å². The molecule has 41 heavy (non-hydrogen) atoms. The van der Waals surface area contributed by atoms with E-state index in [1.165, 1.54) is 32.1 Å². The molecule has 2 fully saturated rings. The van der Waals surface area contributed by atoms with E-state index in [2.05, 4.69) is 25.5 Å². The lowest BCUT2D eigenvalue weighted by Crippen LogP contribution is -2.37. The second kappa shape index (κ2) is 14.8. The summed E-state index contributed by atoms with van der Waals surface area (Å²) in [5.74, 6) is 2.57. The van der Waals surface area contributed by atoms with Crippen molar-refractivity contribution in [3.63, 3.8) is 0 Å². The second-order valence-corrected chi connectivity index (χ2v) is 10.7. The van der Waals surface area contributed by atoms with Crippen LogP contribution in [-0.2, 0) is 9.53 Å². The maximum Gasteiger partial charge on any atom is 0.244 e. The number of nitrogens with zero attached hydrogens (tertiary/aromatic N) is 3. The summed E-state index contributed by atoms with van der Waals surface area (Å²) in [6.07, 6.45) is 12.2. The minimum absolute atomic E-state index is 0.0420. The summed E-state index contributed by atoms with van der Waals surface area (Å²) in [6, 6.07) is 11.7. The third kappa shape index (κ3) is 8.41. The zero-order chi connectivity index (χ0) is 28.3. The fourth-order valence-corrected chi connectivity index (χ4v) is 5.41. The van der Waals surface area contributed by atoms with Crippen molar-refractivity contribution in [2.45, 2.75) is 38.5 Å². The summed E-state index contributed by atoms with van der Waals surface area (Å²) in [5, 5.41) is 7.27. The third-order valence-electron chi connectivity index (χ3n) is 7.79. The molecule has 2 N–H and O–H groups in total. The molecule has 0 unspecified atom stereocenters. The van der Waals surface area contributed by atoms with Gasteiger partial charge in [0.2, 0.25) is 5.91 Å². The number of hydrogen-bond acceptors (Lipinski definition) is 8. The summed E-state index contributed by atoms with van der Waals surface area (Å²) in [6.45, 7) is 5.90. The van der Waals surface area contributed by atoms with Gasteiger partial charge in [-0.3, -0.25) is 9.69 Å². The standard InChI is InChI=1S/C32H41N5O4/c1-39-29-20-27-28(21-30(29)41-17-5-14-37-15-18-40-19-16-37)34-23-35-32(27)36-26-11-8-24(9-12-26)10-13-31(38)33-22-25-6-3-2-4-7-25/h8-13,20-21,23,25H,2-7,14-19,22H2,1H3,(H,33,38)(H,34,35,36). The van der Waals surface area contributed by atoms with Gasteiger partial charge in [-0.1, -0.05) is 31.4 Å². The Labute approximate surface area is 242 Å². The molecule has 1 aliphatic carbocycles. The van der Waals surface area contributed by atoms with Crippen LogP contribution in [0.4, 0.5) is 11.5 Å². The SMILES string of the molecule is COc1cc2c(Nc3ccc(C=CC(=O)NCC4CCCCC4)cc3)ncnc2cc1OCCCN1CCOCC1. The molecule has 218 valence electrons. The lowest BCUT2D eigenvalue weighted by molar-refractivity contribution is -0.116.